The molecule has 7 heteroatoms. The molecule has 18 heavy (non-hydrogen) atoms. The summed E-state index contributed by atoms with van der Waals surface area (Å²) in [5.41, 5.74) is 0.221. The van der Waals surface area contributed by atoms with E-state index in [9.17, 15) is 4.79 Å². The third-order valence-corrected chi connectivity index (χ3v) is 3.21. The number of H-pyrrole nitrogens is 1. The van der Waals surface area contributed by atoms with Crippen LogP contribution < -0.4 is 11.0 Å². The average Bonchev–Trinajstić information content (AvgIpc) is 3.01. The van der Waals surface area contributed by atoms with Gasteiger partial charge in [0.25, 0.3) is 0 Å². The molecule has 0 atom stereocenters. The molecule has 0 aromatic carbocycles. The molecule has 3 rings (SSSR count). The van der Waals surface area contributed by atoms with E-state index in [1.807, 2.05) is 6.07 Å². The quantitative estimate of drug-likeness (QED) is 0.791. The normalized spacial score (nSPS) is 16.4. The highest BCUT2D eigenvalue weighted by atomic mass is 16.2. The van der Waals surface area contributed by atoms with Gasteiger partial charge in [-0.05, 0) is 38.1 Å². The van der Waals surface area contributed by atoms with Crippen molar-refractivity contribution in [3.05, 3.63) is 22.6 Å². The largest absolute Gasteiger partial charge is 0.367 e. The summed E-state index contributed by atoms with van der Waals surface area (Å²) in [5, 5.41) is 13.6. The molecular weight excluding hydrogens is 232 g/mol. The lowest BCUT2D eigenvalue weighted by molar-refractivity contribution is 0.352. The smallest absolute Gasteiger partial charge is 0.364 e. The lowest BCUT2D eigenvalue weighted by atomic mass is 10.4. The molecule has 1 aliphatic heterocycles. The van der Waals surface area contributed by atoms with Crippen LogP contribution in [0.15, 0.2) is 16.9 Å². The van der Waals surface area contributed by atoms with Gasteiger partial charge in [-0.1, -0.05) is 0 Å². The van der Waals surface area contributed by atoms with Crippen molar-refractivity contribution in [1.29, 1.82) is 0 Å². The van der Waals surface area contributed by atoms with E-state index in [0.717, 1.165) is 13.1 Å². The Hall–Kier alpha value is -1.89. The Kier molecular flexibility index (Phi) is 2.97. The first kappa shape index (κ1) is 11.2. The van der Waals surface area contributed by atoms with E-state index in [4.69, 9.17) is 0 Å². The van der Waals surface area contributed by atoms with E-state index in [1.165, 1.54) is 30.4 Å². The minimum Gasteiger partial charge on any atom is -0.367 e. The molecular formula is C11H16N6O. The standard InChI is InChI=1S/C11H16N6O/c18-11-14-13-10-4-3-9(15-17(10)11)12-5-8-16-6-1-2-7-16/h3-4H,1-2,5-8H2,(H,12,15)(H,14,18). The molecule has 2 aromatic rings. The maximum Gasteiger partial charge on any atom is 0.364 e. The summed E-state index contributed by atoms with van der Waals surface area (Å²) in [7, 11) is 0. The van der Waals surface area contributed by atoms with Gasteiger partial charge in [0.05, 0.1) is 0 Å². The van der Waals surface area contributed by atoms with E-state index < -0.39 is 0 Å². The van der Waals surface area contributed by atoms with Crippen LogP contribution in [0.1, 0.15) is 12.8 Å². The Morgan fingerprint density at radius 3 is 3.00 bits per heavy atom. The van der Waals surface area contributed by atoms with Crippen molar-refractivity contribution in [2.45, 2.75) is 12.8 Å². The summed E-state index contributed by atoms with van der Waals surface area (Å²) >= 11 is 0. The Morgan fingerprint density at radius 2 is 2.17 bits per heavy atom. The second-order valence-electron chi connectivity index (χ2n) is 4.49. The van der Waals surface area contributed by atoms with Crippen LogP contribution in [0.2, 0.25) is 0 Å². The molecule has 0 saturated carbocycles. The first-order valence-electron chi connectivity index (χ1n) is 6.24. The van der Waals surface area contributed by atoms with Gasteiger partial charge in [0.2, 0.25) is 0 Å². The summed E-state index contributed by atoms with van der Waals surface area (Å²) in [6.07, 6.45) is 2.60. The third-order valence-electron chi connectivity index (χ3n) is 3.21. The molecule has 0 radical (unpaired) electrons. The number of likely N-dealkylation sites (tertiary alicyclic amines) is 1. The van der Waals surface area contributed by atoms with Crippen LogP contribution in [0.3, 0.4) is 0 Å². The zero-order valence-electron chi connectivity index (χ0n) is 10.1. The topological polar surface area (TPSA) is 78.3 Å². The van der Waals surface area contributed by atoms with Gasteiger partial charge in [-0.15, -0.1) is 5.10 Å². The summed E-state index contributed by atoms with van der Waals surface area (Å²) in [6, 6.07) is 3.60. The van der Waals surface area contributed by atoms with E-state index in [-0.39, 0.29) is 5.69 Å². The van der Waals surface area contributed by atoms with Gasteiger partial charge in [-0.2, -0.15) is 9.61 Å². The molecule has 0 spiro atoms. The molecule has 3 heterocycles. The van der Waals surface area contributed by atoms with Crippen molar-refractivity contribution in [3.63, 3.8) is 0 Å². The number of aromatic amines is 1. The molecule has 1 aliphatic rings. The second kappa shape index (κ2) is 4.77. The van der Waals surface area contributed by atoms with Gasteiger partial charge >= 0.3 is 5.69 Å². The van der Waals surface area contributed by atoms with Crippen LogP contribution >= 0.6 is 0 Å². The van der Waals surface area contributed by atoms with Gasteiger partial charge in [0.1, 0.15) is 5.82 Å². The minimum absolute atomic E-state index is 0.312. The first-order chi connectivity index (χ1) is 8.83. The maximum atomic E-state index is 11.4. The summed E-state index contributed by atoms with van der Waals surface area (Å²) in [5.74, 6) is 0.699. The molecule has 7 nitrogen and oxygen atoms in total. The van der Waals surface area contributed by atoms with E-state index in [2.05, 4.69) is 25.5 Å². The molecule has 96 valence electrons. The van der Waals surface area contributed by atoms with Crippen molar-refractivity contribution >= 4 is 11.5 Å². The molecule has 0 unspecified atom stereocenters. The van der Waals surface area contributed by atoms with Crippen LogP contribution in [-0.4, -0.2) is 50.9 Å². The monoisotopic (exact) mass is 248 g/mol. The number of hydrogen-bond donors (Lipinski definition) is 2. The molecule has 1 fully saturated rings. The minimum atomic E-state index is -0.312. The number of anilines is 1. The lowest BCUT2D eigenvalue weighted by Crippen LogP contribution is -2.26. The Morgan fingerprint density at radius 1 is 1.33 bits per heavy atom. The van der Waals surface area contributed by atoms with Crippen molar-refractivity contribution in [2.75, 3.05) is 31.5 Å². The third kappa shape index (κ3) is 2.21. The molecule has 0 aliphatic carbocycles. The Balaban J connectivity index is 1.63. The maximum absolute atomic E-state index is 11.4. The van der Waals surface area contributed by atoms with Gasteiger partial charge in [0, 0.05) is 13.1 Å². The van der Waals surface area contributed by atoms with E-state index >= 15 is 0 Å². The number of aromatic nitrogens is 4. The molecule has 0 amide bonds. The predicted molar refractivity (Wildman–Crippen MR) is 67.8 cm³/mol. The van der Waals surface area contributed by atoms with Crippen LogP contribution in [-0.2, 0) is 0 Å². The van der Waals surface area contributed by atoms with Crippen LogP contribution in [0.25, 0.3) is 5.65 Å². The number of nitrogens with zero attached hydrogens (tertiary/aromatic N) is 4. The molecule has 0 bridgehead atoms. The van der Waals surface area contributed by atoms with Crippen LogP contribution in [0.5, 0.6) is 0 Å². The molecule has 2 N–H and O–H groups in total. The number of rotatable bonds is 4. The van der Waals surface area contributed by atoms with Crippen molar-refractivity contribution in [3.8, 4) is 0 Å². The summed E-state index contributed by atoms with van der Waals surface area (Å²) < 4.78 is 1.26. The fraction of sp³-hybridized carbons (Fsp3) is 0.545. The van der Waals surface area contributed by atoms with Crippen molar-refractivity contribution in [1.82, 2.24) is 24.7 Å². The van der Waals surface area contributed by atoms with Gasteiger partial charge in [-0.3, -0.25) is 0 Å². The predicted octanol–water partition coefficient (Wildman–Crippen LogP) is -0.0747. The van der Waals surface area contributed by atoms with Gasteiger partial charge < -0.3 is 10.2 Å². The highest BCUT2D eigenvalue weighted by Crippen LogP contribution is 2.07. The van der Waals surface area contributed by atoms with Gasteiger partial charge in [-0.25, -0.2) is 9.89 Å². The number of hydrogen-bond acceptors (Lipinski definition) is 5. The number of nitrogens with one attached hydrogen (secondary N) is 2. The highest BCUT2D eigenvalue weighted by molar-refractivity contribution is 5.42. The SMILES string of the molecule is O=c1[nH]nc2ccc(NCCN3CCCC3)nn12. The zero-order chi connectivity index (χ0) is 12.4. The van der Waals surface area contributed by atoms with Crippen LogP contribution in [0, 0.1) is 0 Å². The van der Waals surface area contributed by atoms with E-state index in [1.54, 1.807) is 6.07 Å². The highest BCUT2D eigenvalue weighted by Gasteiger charge is 2.10. The van der Waals surface area contributed by atoms with Crippen molar-refractivity contribution < 1.29 is 0 Å². The average molecular weight is 248 g/mol. The molecule has 2 aromatic heterocycles. The second-order valence-corrected chi connectivity index (χ2v) is 4.49. The van der Waals surface area contributed by atoms with Gasteiger partial charge in [0.15, 0.2) is 5.65 Å². The summed E-state index contributed by atoms with van der Waals surface area (Å²) in [6.45, 7) is 4.23. The van der Waals surface area contributed by atoms with E-state index in [0.29, 0.717) is 11.5 Å². The Bertz CT molecular complexity index is 582. The fourth-order valence-electron chi connectivity index (χ4n) is 2.25. The lowest BCUT2D eigenvalue weighted by Gasteiger charge is -2.14. The zero-order valence-corrected chi connectivity index (χ0v) is 10.1. The van der Waals surface area contributed by atoms with Crippen molar-refractivity contribution in [2.24, 2.45) is 0 Å². The first-order valence-corrected chi connectivity index (χ1v) is 6.24. The number of fused-ring (bicyclic) bond motifs is 1. The fourth-order valence-corrected chi connectivity index (χ4v) is 2.25. The molecule has 1 saturated heterocycles. The Labute approximate surface area is 104 Å². The van der Waals surface area contributed by atoms with Crippen LogP contribution in [0.4, 0.5) is 5.82 Å². The summed E-state index contributed by atoms with van der Waals surface area (Å²) in [4.78, 5) is 13.8.